The van der Waals surface area contributed by atoms with Gasteiger partial charge in [-0.15, -0.1) is 0 Å². The quantitative estimate of drug-likeness (QED) is 0.875. The van der Waals surface area contributed by atoms with Crippen LogP contribution in [0.25, 0.3) is 0 Å². The van der Waals surface area contributed by atoms with Crippen LogP contribution in [0.4, 0.5) is 4.39 Å². The van der Waals surface area contributed by atoms with Crippen LogP contribution in [0.5, 0.6) is 0 Å². The zero-order valence-electron chi connectivity index (χ0n) is 12.2. The molecule has 1 saturated heterocycles. The van der Waals surface area contributed by atoms with Gasteiger partial charge >= 0.3 is 0 Å². The van der Waals surface area contributed by atoms with Crippen molar-refractivity contribution in [3.8, 4) is 0 Å². The van der Waals surface area contributed by atoms with Gasteiger partial charge in [-0.2, -0.15) is 4.31 Å². The van der Waals surface area contributed by atoms with E-state index in [2.05, 4.69) is 11.8 Å². The Morgan fingerprint density at radius 3 is 2.48 bits per heavy atom. The number of nitrogens with two attached hydrogens (primary N) is 1. The van der Waals surface area contributed by atoms with Crippen LogP contribution in [0.15, 0.2) is 29.2 Å². The predicted octanol–water partition coefficient (Wildman–Crippen LogP) is 0.869. The first-order chi connectivity index (χ1) is 9.98. The van der Waals surface area contributed by atoms with Crippen LogP contribution in [-0.2, 0) is 10.0 Å². The molecule has 0 spiro atoms. The number of hydrogen-bond acceptors (Lipinski definition) is 4. The Hall–Kier alpha value is -1.02. The summed E-state index contributed by atoms with van der Waals surface area (Å²) in [7, 11) is -3.61. The predicted molar refractivity (Wildman–Crippen MR) is 79.9 cm³/mol. The van der Waals surface area contributed by atoms with Crippen molar-refractivity contribution in [2.24, 2.45) is 5.73 Å². The SMILES string of the molecule is CCC(CN)N1CCN(S(=O)(=O)c2cccc(F)c2)CC1. The molecule has 2 rings (SSSR count). The zero-order chi connectivity index (χ0) is 15.5. The van der Waals surface area contributed by atoms with Crippen LogP contribution >= 0.6 is 0 Å². The summed E-state index contributed by atoms with van der Waals surface area (Å²) in [6.07, 6.45) is 0.952. The summed E-state index contributed by atoms with van der Waals surface area (Å²) in [6.45, 7) is 4.79. The van der Waals surface area contributed by atoms with Crippen molar-refractivity contribution in [1.29, 1.82) is 0 Å². The highest BCUT2D eigenvalue weighted by Crippen LogP contribution is 2.19. The second-order valence-corrected chi connectivity index (χ2v) is 7.13. The fourth-order valence-corrected chi connectivity index (χ4v) is 4.11. The Labute approximate surface area is 125 Å². The van der Waals surface area contributed by atoms with Gasteiger partial charge in [-0.3, -0.25) is 4.90 Å². The first-order valence-electron chi connectivity index (χ1n) is 7.19. The smallest absolute Gasteiger partial charge is 0.243 e. The molecule has 1 aromatic carbocycles. The largest absolute Gasteiger partial charge is 0.329 e. The van der Waals surface area contributed by atoms with Crippen LogP contribution in [-0.4, -0.2) is 56.4 Å². The highest BCUT2D eigenvalue weighted by Gasteiger charge is 2.30. The average Bonchev–Trinajstić information content (AvgIpc) is 2.49. The van der Waals surface area contributed by atoms with Crippen molar-refractivity contribution < 1.29 is 12.8 Å². The fourth-order valence-electron chi connectivity index (χ4n) is 2.66. The van der Waals surface area contributed by atoms with Gasteiger partial charge in [-0.05, 0) is 24.6 Å². The maximum Gasteiger partial charge on any atom is 0.243 e. The molecule has 0 amide bonds. The lowest BCUT2D eigenvalue weighted by atomic mass is 10.1. The summed E-state index contributed by atoms with van der Waals surface area (Å²) in [5, 5.41) is 0. The normalized spacial score (nSPS) is 19.6. The van der Waals surface area contributed by atoms with Crippen molar-refractivity contribution in [3.05, 3.63) is 30.1 Å². The number of rotatable bonds is 5. The summed E-state index contributed by atoms with van der Waals surface area (Å²) >= 11 is 0. The number of halogens is 1. The molecular formula is C14H22FN3O2S. The lowest BCUT2D eigenvalue weighted by Crippen LogP contribution is -2.53. The molecular weight excluding hydrogens is 293 g/mol. The van der Waals surface area contributed by atoms with Crippen molar-refractivity contribution in [1.82, 2.24) is 9.21 Å². The highest BCUT2D eigenvalue weighted by molar-refractivity contribution is 7.89. The summed E-state index contributed by atoms with van der Waals surface area (Å²) in [4.78, 5) is 2.24. The maximum absolute atomic E-state index is 13.2. The van der Waals surface area contributed by atoms with Gasteiger partial charge in [-0.1, -0.05) is 13.0 Å². The Morgan fingerprint density at radius 2 is 1.95 bits per heavy atom. The van der Waals surface area contributed by atoms with Crippen LogP contribution in [0.2, 0.25) is 0 Å². The molecule has 1 fully saturated rings. The average molecular weight is 315 g/mol. The fraction of sp³-hybridized carbons (Fsp3) is 0.571. The van der Waals surface area contributed by atoms with Gasteiger partial charge in [0.25, 0.3) is 0 Å². The Balaban J connectivity index is 2.08. The number of piperazine rings is 1. The van der Waals surface area contributed by atoms with Crippen molar-refractivity contribution in [2.75, 3.05) is 32.7 Å². The molecule has 1 atom stereocenters. The van der Waals surface area contributed by atoms with E-state index in [0.717, 1.165) is 12.5 Å². The molecule has 0 radical (unpaired) electrons. The van der Waals surface area contributed by atoms with Crippen molar-refractivity contribution >= 4 is 10.0 Å². The molecule has 0 aromatic heterocycles. The van der Waals surface area contributed by atoms with Crippen molar-refractivity contribution in [3.63, 3.8) is 0 Å². The molecule has 0 saturated carbocycles. The van der Waals surface area contributed by atoms with E-state index in [9.17, 15) is 12.8 Å². The first kappa shape index (κ1) is 16.4. The Kier molecular flexibility index (Phi) is 5.32. The molecule has 1 aromatic rings. The van der Waals surface area contributed by atoms with Crippen molar-refractivity contribution in [2.45, 2.75) is 24.3 Å². The number of hydrogen-bond donors (Lipinski definition) is 1. The Bertz CT molecular complexity index is 567. The molecule has 118 valence electrons. The van der Waals surface area contributed by atoms with Gasteiger partial charge in [0.15, 0.2) is 0 Å². The molecule has 0 aliphatic carbocycles. The van der Waals surface area contributed by atoms with Crippen LogP contribution in [0.3, 0.4) is 0 Å². The maximum atomic E-state index is 13.2. The molecule has 21 heavy (non-hydrogen) atoms. The monoisotopic (exact) mass is 315 g/mol. The molecule has 0 bridgehead atoms. The van der Waals surface area contributed by atoms with Gasteiger partial charge in [0.2, 0.25) is 10.0 Å². The van der Waals surface area contributed by atoms with E-state index in [1.165, 1.54) is 22.5 Å². The highest BCUT2D eigenvalue weighted by atomic mass is 32.2. The van der Waals surface area contributed by atoms with Gasteiger partial charge in [0.1, 0.15) is 5.82 Å². The van der Waals surface area contributed by atoms with Crippen LogP contribution < -0.4 is 5.73 Å². The number of nitrogens with zero attached hydrogens (tertiary/aromatic N) is 2. The van der Waals surface area contributed by atoms with Gasteiger partial charge < -0.3 is 5.73 Å². The van der Waals surface area contributed by atoms with Crippen LogP contribution in [0.1, 0.15) is 13.3 Å². The molecule has 1 unspecified atom stereocenters. The van der Waals surface area contributed by atoms with E-state index in [-0.39, 0.29) is 4.90 Å². The third-order valence-corrected chi connectivity index (χ3v) is 5.86. The second-order valence-electron chi connectivity index (χ2n) is 5.20. The van der Waals surface area contributed by atoms with E-state index in [1.54, 1.807) is 0 Å². The molecule has 1 aliphatic heterocycles. The van der Waals surface area contributed by atoms with Gasteiger partial charge in [0, 0.05) is 38.8 Å². The minimum Gasteiger partial charge on any atom is -0.329 e. The topological polar surface area (TPSA) is 66.6 Å². The number of sulfonamides is 1. The molecule has 1 heterocycles. The summed E-state index contributed by atoms with van der Waals surface area (Å²) < 4.78 is 39.6. The minimum absolute atomic E-state index is 0.0156. The van der Waals surface area contributed by atoms with Gasteiger partial charge in [0.05, 0.1) is 4.90 Å². The lowest BCUT2D eigenvalue weighted by molar-refractivity contribution is 0.137. The minimum atomic E-state index is -3.61. The van der Waals surface area contributed by atoms with E-state index in [1.807, 2.05) is 0 Å². The zero-order valence-corrected chi connectivity index (χ0v) is 13.0. The standard InChI is InChI=1S/C14H22FN3O2S/c1-2-13(11-16)17-6-8-18(9-7-17)21(19,20)14-5-3-4-12(15)10-14/h3-5,10,13H,2,6-9,11,16H2,1H3. The Morgan fingerprint density at radius 1 is 1.29 bits per heavy atom. The third-order valence-electron chi connectivity index (χ3n) is 3.97. The number of benzene rings is 1. The summed E-state index contributed by atoms with van der Waals surface area (Å²) in [5.41, 5.74) is 5.73. The lowest BCUT2D eigenvalue weighted by Gasteiger charge is -2.38. The summed E-state index contributed by atoms with van der Waals surface area (Å²) in [6, 6.07) is 5.45. The second kappa shape index (κ2) is 6.83. The summed E-state index contributed by atoms with van der Waals surface area (Å²) in [5.74, 6) is -0.538. The van der Waals surface area contributed by atoms with Gasteiger partial charge in [-0.25, -0.2) is 12.8 Å². The molecule has 5 nitrogen and oxygen atoms in total. The molecule has 7 heteroatoms. The van der Waals surface area contributed by atoms with E-state index in [0.29, 0.717) is 38.8 Å². The molecule has 1 aliphatic rings. The first-order valence-corrected chi connectivity index (χ1v) is 8.63. The van der Waals surface area contributed by atoms with E-state index >= 15 is 0 Å². The van der Waals surface area contributed by atoms with E-state index in [4.69, 9.17) is 5.73 Å². The van der Waals surface area contributed by atoms with Crippen LogP contribution in [0, 0.1) is 5.82 Å². The third kappa shape index (κ3) is 3.60. The molecule has 2 N–H and O–H groups in total. The van der Waals surface area contributed by atoms with E-state index < -0.39 is 15.8 Å².